The Hall–Kier alpha value is -5.66. The molecule has 0 atom stereocenters. The molecule has 0 saturated heterocycles. The van der Waals surface area contributed by atoms with E-state index in [1.807, 2.05) is 0 Å². The number of hydrogen-bond acceptors (Lipinski definition) is 1. The molecule has 4 aliphatic rings. The van der Waals surface area contributed by atoms with E-state index in [4.69, 9.17) is 0 Å². The molecule has 3 fully saturated rings. The standard InChI is InChI=1S/C63H65N/c1-63(2)61-27-13-12-26-59(61)60-37-36-58(43-62(60)63)64(56-32-28-47(29-33-56)50-23-14-22-49(38-50)44-16-6-3-7-17-44)57-34-30-48(31-35-57)51-24-15-25-52(39-51)55-41-53(45-18-8-4-9-19-45)40-54(42-55)46-20-10-5-11-21-46/h12-15,22-46H,3-11,16-21H2,1-2H3. The van der Waals surface area contributed by atoms with Gasteiger partial charge in [0.15, 0.2) is 0 Å². The minimum absolute atomic E-state index is 0.0806. The van der Waals surface area contributed by atoms with Crippen molar-refractivity contribution in [1.82, 2.24) is 0 Å². The molecule has 1 heteroatoms. The third-order valence-electron chi connectivity index (χ3n) is 16.0. The van der Waals surface area contributed by atoms with Crippen LogP contribution in [0.15, 0.2) is 158 Å². The smallest absolute Gasteiger partial charge is 0.0465 e. The molecule has 0 spiro atoms. The molecule has 0 amide bonds. The van der Waals surface area contributed by atoms with E-state index in [1.165, 1.54) is 169 Å². The molecule has 0 bridgehead atoms. The number of nitrogens with zero attached hydrogens (tertiary/aromatic N) is 1. The fourth-order valence-corrected chi connectivity index (χ4v) is 12.4. The Morgan fingerprint density at radius 3 is 1.36 bits per heavy atom. The van der Waals surface area contributed by atoms with Gasteiger partial charge in [0.05, 0.1) is 0 Å². The van der Waals surface area contributed by atoms with Crippen molar-refractivity contribution >= 4 is 17.1 Å². The van der Waals surface area contributed by atoms with Crippen molar-refractivity contribution in [3.63, 3.8) is 0 Å². The number of benzene rings is 7. The molecule has 7 aromatic rings. The second-order valence-electron chi connectivity index (χ2n) is 20.4. The summed E-state index contributed by atoms with van der Waals surface area (Å²) in [7, 11) is 0. The SMILES string of the molecule is CC1(C)c2ccccc2-c2ccc(N(c3ccc(-c4cccc(-c5cc(C6CCCCC6)cc(C6CCCCC6)c5)c4)cc3)c3ccc(-c4cccc(C5CCCCC5)c4)cc3)cc21. The zero-order valence-corrected chi connectivity index (χ0v) is 38.3. The monoisotopic (exact) mass is 836 g/mol. The number of fused-ring (bicyclic) bond motifs is 3. The van der Waals surface area contributed by atoms with Gasteiger partial charge in [-0.25, -0.2) is 0 Å². The van der Waals surface area contributed by atoms with Gasteiger partial charge in [-0.15, -0.1) is 0 Å². The minimum atomic E-state index is -0.0806. The third kappa shape index (κ3) is 8.06. The lowest BCUT2D eigenvalue weighted by Crippen LogP contribution is -2.16. The van der Waals surface area contributed by atoms with E-state index >= 15 is 0 Å². The van der Waals surface area contributed by atoms with Gasteiger partial charge in [0.25, 0.3) is 0 Å². The Morgan fingerprint density at radius 2 is 0.781 bits per heavy atom. The summed E-state index contributed by atoms with van der Waals surface area (Å²) in [5, 5.41) is 0. The highest BCUT2D eigenvalue weighted by atomic mass is 15.1. The molecular weight excluding hydrogens is 771 g/mol. The lowest BCUT2D eigenvalue weighted by atomic mass is 9.78. The summed E-state index contributed by atoms with van der Waals surface area (Å²) in [6.45, 7) is 4.77. The summed E-state index contributed by atoms with van der Waals surface area (Å²) in [6.07, 6.45) is 20.4. The normalized spacial score (nSPS) is 17.8. The Bertz CT molecular complexity index is 2700. The lowest BCUT2D eigenvalue weighted by molar-refractivity contribution is 0.435. The maximum absolute atomic E-state index is 2.62. The van der Waals surface area contributed by atoms with E-state index in [0.29, 0.717) is 17.8 Å². The predicted octanol–water partition coefficient (Wildman–Crippen LogP) is 18.6. The van der Waals surface area contributed by atoms with E-state index in [-0.39, 0.29) is 5.41 Å². The molecule has 4 aliphatic carbocycles. The molecule has 0 N–H and O–H groups in total. The van der Waals surface area contributed by atoms with Crippen molar-refractivity contribution < 1.29 is 0 Å². The molecule has 0 heterocycles. The van der Waals surface area contributed by atoms with E-state index in [0.717, 1.165) is 5.69 Å². The molecule has 11 rings (SSSR count). The molecule has 64 heavy (non-hydrogen) atoms. The van der Waals surface area contributed by atoms with E-state index in [1.54, 1.807) is 11.1 Å². The maximum Gasteiger partial charge on any atom is 0.0465 e. The number of rotatable bonds is 9. The van der Waals surface area contributed by atoms with Gasteiger partial charge in [-0.2, -0.15) is 0 Å². The van der Waals surface area contributed by atoms with Gasteiger partial charge in [-0.1, -0.05) is 187 Å². The summed E-state index contributed by atoms with van der Waals surface area (Å²) in [6, 6.07) is 61.2. The summed E-state index contributed by atoms with van der Waals surface area (Å²) >= 11 is 0. The molecule has 7 aromatic carbocycles. The summed E-state index contributed by atoms with van der Waals surface area (Å²) in [5.41, 5.74) is 21.5. The molecule has 3 saturated carbocycles. The third-order valence-corrected chi connectivity index (χ3v) is 16.0. The van der Waals surface area contributed by atoms with Crippen molar-refractivity contribution in [1.29, 1.82) is 0 Å². The zero-order chi connectivity index (χ0) is 43.0. The fourth-order valence-electron chi connectivity index (χ4n) is 12.4. The Labute approximate surface area is 383 Å². The largest absolute Gasteiger partial charge is 0.310 e. The molecule has 0 unspecified atom stereocenters. The average molecular weight is 836 g/mol. The summed E-state index contributed by atoms with van der Waals surface area (Å²) in [5.74, 6) is 2.10. The summed E-state index contributed by atoms with van der Waals surface area (Å²) < 4.78 is 0. The van der Waals surface area contributed by atoms with Gasteiger partial charge < -0.3 is 4.90 Å². The Morgan fingerprint density at radius 1 is 0.328 bits per heavy atom. The van der Waals surface area contributed by atoms with E-state index in [9.17, 15) is 0 Å². The highest BCUT2D eigenvalue weighted by Gasteiger charge is 2.36. The molecule has 0 aromatic heterocycles. The van der Waals surface area contributed by atoms with Crippen LogP contribution in [0.2, 0.25) is 0 Å². The van der Waals surface area contributed by atoms with Gasteiger partial charge in [0.2, 0.25) is 0 Å². The zero-order valence-electron chi connectivity index (χ0n) is 38.3. The first-order valence-electron chi connectivity index (χ1n) is 25.1. The number of anilines is 3. The van der Waals surface area contributed by atoms with Crippen LogP contribution in [-0.4, -0.2) is 0 Å². The highest BCUT2D eigenvalue weighted by Crippen LogP contribution is 2.51. The Balaban J connectivity index is 0.939. The quantitative estimate of drug-likeness (QED) is 0.140. The molecule has 0 radical (unpaired) electrons. The van der Waals surface area contributed by atoms with Gasteiger partial charge in [0, 0.05) is 22.5 Å². The molecule has 322 valence electrons. The van der Waals surface area contributed by atoms with Crippen molar-refractivity contribution in [2.75, 3.05) is 4.90 Å². The van der Waals surface area contributed by atoms with Crippen molar-refractivity contribution in [3.8, 4) is 44.5 Å². The van der Waals surface area contributed by atoms with Crippen LogP contribution in [0.4, 0.5) is 17.1 Å². The topological polar surface area (TPSA) is 3.24 Å². The van der Waals surface area contributed by atoms with Crippen LogP contribution in [0.5, 0.6) is 0 Å². The van der Waals surface area contributed by atoms with Crippen LogP contribution in [0.3, 0.4) is 0 Å². The maximum atomic E-state index is 2.62. The predicted molar refractivity (Wildman–Crippen MR) is 272 cm³/mol. The molecule has 1 nitrogen and oxygen atoms in total. The summed E-state index contributed by atoms with van der Waals surface area (Å²) in [4.78, 5) is 2.46. The second-order valence-corrected chi connectivity index (χ2v) is 20.4. The van der Waals surface area contributed by atoms with Crippen LogP contribution in [-0.2, 0) is 5.41 Å². The first-order valence-corrected chi connectivity index (χ1v) is 25.1. The van der Waals surface area contributed by atoms with Crippen LogP contribution >= 0.6 is 0 Å². The van der Waals surface area contributed by atoms with Gasteiger partial charge in [0.1, 0.15) is 0 Å². The first-order chi connectivity index (χ1) is 31.5. The van der Waals surface area contributed by atoms with Crippen LogP contribution in [0.1, 0.15) is 156 Å². The fraction of sp³-hybridized carbons (Fsp3) is 0.333. The van der Waals surface area contributed by atoms with Crippen molar-refractivity contribution in [3.05, 3.63) is 186 Å². The van der Waals surface area contributed by atoms with Gasteiger partial charge in [-0.3, -0.25) is 0 Å². The van der Waals surface area contributed by atoms with E-state index < -0.39 is 0 Å². The van der Waals surface area contributed by atoms with Gasteiger partial charge >= 0.3 is 0 Å². The molecular formula is C63H65N. The average Bonchev–Trinajstić information content (AvgIpc) is 3.60. The molecule has 0 aliphatic heterocycles. The van der Waals surface area contributed by atoms with Crippen molar-refractivity contribution in [2.45, 2.75) is 133 Å². The second kappa shape index (κ2) is 17.7. The highest BCUT2D eigenvalue weighted by molar-refractivity contribution is 5.86. The van der Waals surface area contributed by atoms with Crippen molar-refractivity contribution in [2.24, 2.45) is 0 Å². The van der Waals surface area contributed by atoms with E-state index in [2.05, 4.69) is 176 Å². The lowest BCUT2D eigenvalue weighted by Gasteiger charge is -2.28. The van der Waals surface area contributed by atoms with Crippen LogP contribution in [0, 0.1) is 0 Å². The van der Waals surface area contributed by atoms with Gasteiger partial charge in [-0.05, 0) is 171 Å². The van der Waals surface area contributed by atoms with Crippen LogP contribution < -0.4 is 4.90 Å². The number of hydrogen-bond donors (Lipinski definition) is 0. The Kier molecular flexibility index (Phi) is 11.4. The first kappa shape index (κ1) is 41.1. The van der Waals surface area contributed by atoms with Crippen LogP contribution in [0.25, 0.3) is 44.5 Å². The minimum Gasteiger partial charge on any atom is -0.310 e.